The number of furan rings is 1. The van der Waals surface area contributed by atoms with Gasteiger partial charge in [0.25, 0.3) is 0 Å². The van der Waals surface area contributed by atoms with Gasteiger partial charge in [-0.1, -0.05) is 13.8 Å². The quantitative estimate of drug-likeness (QED) is 0.665. The number of hydrogen-bond donors (Lipinski definition) is 2. The lowest BCUT2D eigenvalue weighted by molar-refractivity contribution is 0.450. The highest BCUT2D eigenvalue weighted by molar-refractivity contribution is 4.99. The molecule has 3 nitrogen and oxygen atoms in total. The third kappa shape index (κ3) is 5.93. The van der Waals surface area contributed by atoms with E-state index >= 15 is 0 Å². The monoisotopic (exact) mass is 224 g/mol. The Kier molecular flexibility index (Phi) is 6.19. The topological polar surface area (TPSA) is 37.2 Å². The first kappa shape index (κ1) is 13.3. The van der Waals surface area contributed by atoms with Gasteiger partial charge in [-0.2, -0.15) is 0 Å². The van der Waals surface area contributed by atoms with E-state index in [1.165, 1.54) is 6.42 Å². The predicted molar refractivity (Wildman–Crippen MR) is 67.6 cm³/mol. The molecule has 0 aromatic carbocycles. The molecule has 0 bridgehead atoms. The minimum Gasteiger partial charge on any atom is -0.469 e. The maximum absolute atomic E-state index is 5.31. The SMILES string of the molecule is CC(C)NCCCNC(C)Cc1ccco1. The van der Waals surface area contributed by atoms with Crippen LogP contribution in [0, 0.1) is 0 Å². The van der Waals surface area contributed by atoms with Crippen molar-refractivity contribution in [3.8, 4) is 0 Å². The lowest BCUT2D eigenvalue weighted by Gasteiger charge is -2.13. The molecule has 1 atom stereocenters. The van der Waals surface area contributed by atoms with E-state index in [9.17, 15) is 0 Å². The number of nitrogens with one attached hydrogen (secondary N) is 2. The van der Waals surface area contributed by atoms with Gasteiger partial charge in [0.1, 0.15) is 5.76 Å². The van der Waals surface area contributed by atoms with Gasteiger partial charge in [0, 0.05) is 18.5 Å². The molecule has 2 N–H and O–H groups in total. The summed E-state index contributed by atoms with van der Waals surface area (Å²) in [7, 11) is 0. The fraction of sp³-hybridized carbons (Fsp3) is 0.692. The Morgan fingerprint density at radius 2 is 1.94 bits per heavy atom. The van der Waals surface area contributed by atoms with E-state index in [0.29, 0.717) is 12.1 Å². The van der Waals surface area contributed by atoms with Gasteiger partial charge in [-0.25, -0.2) is 0 Å². The Balaban J connectivity index is 2.00. The van der Waals surface area contributed by atoms with Crippen LogP contribution in [-0.2, 0) is 6.42 Å². The molecule has 0 aliphatic carbocycles. The van der Waals surface area contributed by atoms with Crippen molar-refractivity contribution >= 4 is 0 Å². The van der Waals surface area contributed by atoms with E-state index in [2.05, 4.69) is 31.4 Å². The first-order valence-electron chi connectivity index (χ1n) is 6.17. The maximum atomic E-state index is 5.31. The summed E-state index contributed by atoms with van der Waals surface area (Å²) in [4.78, 5) is 0. The van der Waals surface area contributed by atoms with Gasteiger partial charge in [0.05, 0.1) is 6.26 Å². The standard InChI is InChI=1S/C13H24N2O/c1-11(2)14-7-5-8-15-12(3)10-13-6-4-9-16-13/h4,6,9,11-12,14-15H,5,7-8,10H2,1-3H3. The zero-order valence-corrected chi connectivity index (χ0v) is 10.6. The molecule has 1 unspecified atom stereocenters. The molecule has 0 aliphatic rings. The van der Waals surface area contributed by atoms with E-state index in [1.54, 1.807) is 6.26 Å². The first-order chi connectivity index (χ1) is 7.68. The number of hydrogen-bond acceptors (Lipinski definition) is 3. The van der Waals surface area contributed by atoms with Crippen LogP contribution in [0.2, 0.25) is 0 Å². The molecule has 0 aliphatic heterocycles. The Labute approximate surface area is 98.6 Å². The van der Waals surface area contributed by atoms with Gasteiger partial charge in [0.15, 0.2) is 0 Å². The van der Waals surface area contributed by atoms with Crippen molar-refractivity contribution < 1.29 is 4.42 Å². The van der Waals surface area contributed by atoms with Crippen LogP contribution in [0.4, 0.5) is 0 Å². The largest absolute Gasteiger partial charge is 0.469 e. The van der Waals surface area contributed by atoms with Crippen molar-refractivity contribution in [2.45, 2.75) is 45.7 Å². The average molecular weight is 224 g/mol. The molecule has 3 heteroatoms. The second-order valence-electron chi connectivity index (χ2n) is 4.60. The summed E-state index contributed by atoms with van der Waals surface area (Å²) in [5.74, 6) is 1.06. The van der Waals surface area contributed by atoms with Crippen molar-refractivity contribution in [2.24, 2.45) is 0 Å². The van der Waals surface area contributed by atoms with Crippen LogP contribution in [0.5, 0.6) is 0 Å². The van der Waals surface area contributed by atoms with Crippen molar-refractivity contribution in [1.29, 1.82) is 0 Å². The maximum Gasteiger partial charge on any atom is 0.105 e. The van der Waals surface area contributed by atoms with E-state index in [1.807, 2.05) is 12.1 Å². The molecule has 0 saturated heterocycles. The van der Waals surface area contributed by atoms with Gasteiger partial charge in [-0.15, -0.1) is 0 Å². The van der Waals surface area contributed by atoms with E-state index in [0.717, 1.165) is 25.3 Å². The third-order valence-corrected chi connectivity index (χ3v) is 2.49. The molecule has 1 rings (SSSR count). The highest BCUT2D eigenvalue weighted by atomic mass is 16.3. The summed E-state index contributed by atoms with van der Waals surface area (Å²) in [6.07, 6.45) is 3.86. The summed E-state index contributed by atoms with van der Waals surface area (Å²) < 4.78 is 5.31. The van der Waals surface area contributed by atoms with Crippen LogP contribution in [0.25, 0.3) is 0 Å². The fourth-order valence-corrected chi connectivity index (χ4v) is 1.63. The highest BCUT2D eigenvalue weighted by Crippen LogP contribution is 2.03. The Morgan fingerprint density at radius 1 is 1.19 bits per heavy atom. The molecular formula is C13H24N2O. The van der Waals surface area contributed by atoms with Gasteiger partial charge in [0.2, 0.25) is 0 Å². The van der Waals surface area contributed by atoms with Crippen LogP contribution in [-0.4, -0.2) is 25.2 Å². The molecule has 1 aromatic heterocycles. The van der Waals surface area contributed by atoms with Crippen molar-refractivity contribution in [3.05, 3.63) is 24.2 Å². The molecule has 0 amide bonds. The van der Waals surface area contributed by atoms with Gasteiger partial charge < -0.3 is 15.1 Å². The zero-order valence-electron chi connectivity index (χ0n) is 10.6. The van der Waals surface area contributed by atoms with Gasteiger partial charge >= 0.3 is 0 Å². The summed E-state index contributed by atoms with van der Waals surface area (Å²) in [6.45, 7) is 8.68. The molecule has 0 radical (unpaired) electrons. The second kappa shape index (κ2) is 7.47. The lowest BCUT2D eigenvalue weighted by Crippen LogP contribution is -2.32. The summed E-state index contributed by atoms with van der Waals surface area (Å²) in [6, 6.07) is 5.03. The van der Waals surface area contributed by atoms with Crippen LogP contribution >= 0.6 is 0 Å². The molecule has 0 spiro atoms. The van der Waals surface area contributed by atoms with Gasteiger partial charge in [-0.3, -0.25) is 0 Å². The van der Waals surface area contributed by atoms with Crippen LogP contribution in [0.1, 0.15) is 33.0 Å². The van der Waals surface area contributed by atoms with E-state index < -0.39 is 0 Å². The Bertz CT molecular complexity index is 257. The van der Waals surface area contributed by atoms with Crippen LogP contribution in [0.3, 0.4) is 0 Å². The minimum atomic E-state index is 0.477. The Morgan fingerprint density at radius 3 is 2.56 bits per heavy atom. The first-order valence-corrected chi connectivity index (χ1v) is 6.17. The molecular weight excluding hydrogens is 200 g/mol. The zero-order chi connectivity index (χ0) is 11.8. The summed E-state index contributed by atoms with van der Waals surface area (Å²) >= 11 is 0. The molecule has 0 saturated carbocycles. The number of rotatable bonds is 8. The lowest BCUT2D eigenvalue weighted by atomic mass is 10.2. The van der Waals surface area contributed by atoms with Crippen molar-refractivity contribution in [3.63, 3.8) is 0 Å². The molecule has 1 aromatic rings. The smallest absolute Gasteiger partial charge is 0.105 e. The molecule has 0 fully saturated rings. The molecule has 92 valence electrons. The van der Waals surface area contributed by atoms with Crippen LogP contribution in [0.15, 0.2) is 22.8 Å². The average Bonchev–Trinajstić information content (AvgIpc) is 2.69. The fourth-order valence-electron chi connectivity index (χ4n) is 1.63. The molecule has 16 heavy (non-hydrogen) atoms. The summed E-state index contributed by atoms with van der Waals surface area (Å²) in [5, 5.41) is 6.90. The summed E-state index contributed by atoms with van der Waals surface area (Å²) in [5.41, 5.74) is 0. The molecule has 1 heterocycles. The predicted octanol–water partition coefficient (Wildman–Crippen LogP) is 2.19. The highest BCUT2D eigenvalue weighted by Gasteiger charge is 2.04. The van der Waals surface area contributed by atoms with Crippen molar-refractivity contribution in [1.82, 2.24) is 10.6 Å². The van der Waals surface area contributed by atoms with Crippen LogP contribution < -0.4 is 10.6 Å². The van der Waals surface area contributed by atoms with E-state index in [-0.39, 0.29) is 0 Å². The normalized spacial score (nSPS) is 13.2. The minimum absolute atomic E-state index is 0.477. The Hall–Kier alpha value is -0.800. The second-order valence-corrected chi connectivity index (χ2v) is 4.60. The third-order valence-electron chi connectivity index (χ3n) is 2.49. The van der Waals surface area contributed by atoms with E-state index in [4.69, 9.17) is 4.42 Å². The van der Waals surface area contributed by atoms with Gasteiger partial charge in [-0.05, 0) is 38.6 Å². The van der Waals surface area contributed by atoms with Crippen molar-refractivity contribution in [2.75, 3.05) is 13.1 Å².